The fourth-order valence-electron chi connectivity index (χ4n) is 0.771. The summed E-state index contributed by atoms with van der Waals surface area (Å²) in [7, 11) is 0. The number of carboxylic acid groups (broad SMARTS) is 1. The van der Waals surface area contributed by atoms with Gasteiger partial charge in [0.2, 0.25) is 0 Å². The van der Waals surface area contributed by atoms with E-state index in [0.717, 1.165) is 19.4 Å². The van der Waals surface area contributed by atoms with Gasteiger partial charge in [-0.05, 0) is 12.8 Å². The zero-order valence-corrected chi connectivity index (χ0v) is 8.12. The molecule has 0 aromatic rings. The Kier molecular flexibility index (Phi) is 9.03. The molecule has 78 valence electrons. The van der Waals surface area contributed by atoms with Crippen LogP contribution in [0.1, 0.15) is 26.2 Å². The molecule has 0 fully saturated rings. The highest BCUT2D eigenvalue weighted by atomic mass is 16.5. The molecule has 0 spiro atoms. The van der Waals surface area contributed by atoms with Gasteiger partial charge >= 0.3 is 5.97 Å². The Morgan fingerprint density at radius 3 is 2.31 bits per heavy atom. The van der Waals surface area contributed by atoms with Gasteiger partial charge in [-0.25, -0.2) is 0 Å². The quantitative estimate of drug-likeness (QED) is 0.557. The van der Waals surface area contributed by atoms with E-state index in [4.69, 9.17) is 14.6 Å². The predicted molar refractivity (Wildman–Crippen MR) is 48.8 cm³/mol. The lowest BCUT2D eigenvalue weighted by molar-refractivity contribution is -0.138. The van der Waals surface area contributed by atoms with Gasteiger partial charge in [-0.3, -0.25) is 4.79 Å². The third kappa shape index (κ3) is 11.4. The molecule has 1 N–H and O–H groups in total. The number of ether oxygens (including phenoxy) is 2. The van der Waals surface area contributed by atoms with Crippen LogP contribution >= 0.6 is 0 Å². The van der Waals surface area contributed by atoms with Crippen LogP contribution in [-0.4, -0.2) is 37.5 Å². The highest BCUT2D eigenvalue weighted by Gasteiger charge is 1.95. The number of aliphatic carboxylic acids is 1. The second kappa shape index (κ2) is 9.48. The summed E-state index contributed by atoms with van der Waals surface area (Å²) in [6.07, 6.45) is 1.94. The lowest BCUT2D eigenvalue weighted by Gasteiger charge is -2.03. The van der Waals surface area contributed by atoms with Gasteiger partial charge in [0.05, 0.1) is 13.0 Å². The van der Waals surface area contributed by atoms with E-state index in [0.29, 0.717) is 19.8 Å². The highest BCUT2D eigenvalue weighted by Crippen LogP contribution is 1.88. The van der Waals surface area contributed by atoms with Crippen molar-refractivity contribution < 1.29 is 19.4 Å². The normalized spacial score (nSPS) is 10.2. The van der Waals surface area contributed by atoms with Crippen molar-refractivity contribution in [2.45, 2.75) is 26.2 Å². The van der Waals surface area contributed by atoms with Gasteiger partial charge in [0.25, 0.3) is 0 Å². The van der Waals surface area contributed by atoms with E-state index in [2.05, 4.69) is 6.92 Å². The van der Waals surface area contributed by atoms with Crippen LogP contribution in [0.4, 0.5) is 0 Å². The van der Waals surface area contributed by atoms with Crippen molar-refractivity contribution in [1.82, 2.24) is 0 Å². The van der Waals surface area contributed by atoms with Crippen LogP contribution in [0.15, 0.2) is 0 Å². The van der Waals surface area contributed by atoms with Crippen molar-refractivity contribution in [3.05, 3.63) is 0 Å². The summed E-state index contributed by atoms with van der Waals surface area (Å²) in [5.74, 6) is -0.817. The summed E-state index contributed by atoms with van der Waals surface area (Å²) in [5, 5.41) is 8.28. The second-order valence-electron chi connectivity index (χ2n) is 2.72. The van der Waals surface area contributed by atoms with Crippen LogP contribution in [0.25, 0.3) is 0 Å². The zero-order chi connectivity index (χ0) is 9.94. The predicted octanol–water partition coefficient (Wildman–Crippen LogP) is 1.29. The topological polar surface area (TPSA) is 55.8 Å². The highest BCUT2D eigenvalue weighted by molar-refractivity contribution is 5.66. The Balaban J connectivity index is 2.87. The Morgan fingerprint density at radius 1 is 1.15 bits per heavy atom. The van der Waals surface area contributed by atoms with Gasteiger partial charge < -0.3 is 14.6 Å². The summed E-state index contributed by atoms with van der Waals surface area (Å²) in [5.41, 5.74) is 0. The van der Waals surface area contributed by atoms with Crippen molar-refractivity contribution in [2.75, 3.05) is 26.4 Å². The van der Waals surface area contributed by atoms with Crippen LogP contribution in [-0.2, 0) is 14.3 Å². The minimum atomic E-state index is -0.817. The summed E-state index contributed by atoms with van der Waals surface area (Å²) in [6.45, 7) is 4.42. The molecule has 4 heteroatoms. The van der Waals surface area contributed by atoms with Crippen molar-refractivity contribution in [3.8, 4) is 0 Å². The molecule has 0 bridgehead atoms. The molecular formula is C9H18O4. The average molecular weight is 190 g/mol. The molecule has 0 radical (unpaired) electrons. The molecule has 0 heterocycles. The molecule has 0 aliphatic rings. The molecule has 0 amide bonds. The number of hydrogen-bond donors (Lipinski definition) is 1. The first-order chi connectivity index (χ1) is 6.27. The molecule has 0 aliphatic heterocycles. The van der Waals surface area contributed by atoms with Crippen LogP contribution in [0.2, 0.25) is 0 Å². The first kappa shape index (κ1) is 12.4. The van der Waals surface area contributed by atoms with E-state index < -0.39 is 5.97 Å². The molecule has 0 aromatic carbocycles. The van der Waals surface area contributed by atoms with Crippen molar-refractivity contribution in [3.63, 3.8) is 0 Å². The summed E-state index contributed by atoms with van der Waals surface area (Å²) >= 11 is 0. The van der Waals surface area contributed by atoms with Gasteiger partial charge in [0.1, 0.15) is 0 Å². The summed E-state index contributed by atoms with van der Waals surface area (Å²) in [4.78, 5) is 10.1. The Morgan fingerprint density at radius 2 is 1.77 bits per heavy atom. The molecule has 0 aromatic heterocycles. The van der Waals surface area contributed by atoms with E-state index >= 15 is 0 Å². The van der Waals surface area contributed by atoms with Gasteiger partial charge in [0.15, 0.2) is 0 Å². The molecular weight excluding hydrogens is 172 g/mol. The van der Waals surface area contributed by atoms with Gasteiger partial charge in [0, 0.05) is 19.8 Å². The fourth-order valence-corrected chi connectivity index (χ4v) is 0.771. The smallest absolute Gasteiger partial charge is 0.305 e. The van der Waals surface area contributed by atoms with Crippen molar-refractivity contribution >= 4 is 5.97 Å². The van der Waals surface area contributed by atoms with Crippen LogP contribution in [0.3, 0.4) is 0 Å². The molecule has 0 saturated heterocycles. The van der Waals surface area contributed by atoms with Crippen LogP contribution in [0, 0.1) is 0 Å². The standard InChI is InChI=1S/C9H18O4/c1-2-5-12-6-3-7-13-8-4-9(10)11/h2-8H2,1H3,(H,10,11). The molecule has 0 unspecified atom stereocenters. The average Bonchev–Trinajstić information content (AvgIpc) is 2.09. The zero-order valence-electron chi connectivity index (χ0n) is 8.12. The molecule has 13 heavy (non-hydrogen) atoms. The third-order valence-corrected chi connectivity index (χ3v) is 1.39. The molecule has 4 nitrogen and oxygen atoms in total. The number of carbonyl (C=O) groups is 1. The fraction of sp³-hybridized carbons (Fsp3) is 0.889. The van der Waals surface area contributed by atoms with E-state index in [1.807, 2.05) is 0 Å². The minimum absolute atomic E-state index is 0.0792. The van der Waals surface area contributed by atoms with Gasteiger partial charge in [-0.15, -0.1) is 0 Å². The Labute approximate surface area is 78.8 Å². The van der Waals surface area contributed by atoms with E-state index in [1.165, 1.54) is 0 Å². The minimum Gasteiger partial charge on any atom is -0.481 e. The lowest BCUT2D eigenvalue weighted by atomic mass is 10.4. The Bertz CT molecular complexity index is 125. The third-order valence-electron chi connectivity index (χ3n) is 1.39. The monoisotopic (exact) mass is 190 g/mol. The SMILES string of the molecule is CCCOCCCOCCC(=O)O. The van der Waals surface area contributed by atoms with E-state index in [9.17, 15) is 4.79 Å². The summed E-state index contributed by atoms with van der Waals surface area (Å²) in [6, 6.07) is 0. The first-order valence-corrected chi connectivity index (χ1v) is 4.64. The molecule has 0 rings (SSSR count). The van der Waals surface area contributed by atoms with Crippen molar-refractivity contribution in [1.29, 1.82) is 0 Å². The number of carboxylic acids is 1. The number of hydrogen-bond acceptors (Lipinski definition) is 3. The molecule has 0 aliphatic carbocycles. The lowest BCUT2D eigenvalue weighted by Crippen LogP contribution is -2.05. The number of rotatable bonds is 9. The van der Waals surface area contributed by atoms with E-state index in [-0.39, 0.29) is 6.42 Å². The molecule has 0 atom stereocenters. The maximum atomic E-state index is 10.1. The second-order valence-corrected chi connectivity index (χ2v) is 2.72. The maximum absolute atomic E-state index is 10.1. The first-order valence-electron chi connectivity index (χ1n) is 4.64. The molecule has 0 saturated carbocycles. The van der Waals surface area contributed by atoms with Crippen LogP contribution in [0.5, 0.6) is 0 Å². The van der Waals surface area contributed by atoms with Crippen molar-refractivity contribution in [2.24, 2.45) is 0 Å². The van der Waals surface area contributed by atoms with Crippen LogP contribution < -0.4 is 0 Å². The Hall–Kier alpha value is -0.610. The van der Waals surface area contributed by atoms with Gasteiger partial charge in [-0.2, -0.15) is 0 Å². The van der Waals surface area contributed by atoms with Gasteiger partial charge in [-0.1, -0.05) is 6.92 Å². The largest absolute Gasteiger partial charge is 0.481 e. The van der Waals surface area contributed by atoms with E-state index in [1.54, 1.807) is 0 Å². The maximum Gasteiger partial charge on any atom is 0.305 e. The summed E-state index contributed by atoms with van der Waals surface area (Å²) < 4.78 is 10.3.